The fourth-order valence-corrected chi connectivity index (χ4v) is 2.04. The largest absolute Gasteiger partial charge is 0.480 e. The van der Waals surface area contributed by atoms with E-state index in [-0.39, 0.29) is 11.8 Å². The number of para-hydroxylation sites is 1. The quantitative estimate of drug-likeness (QED) is 0.756. The van der Waals surface area contributed by atoms with Crippen LogP contribution in [0.5, 0.6) is 5.75 Å². The molecule has 0 spiro atoms. The van der Waals surface area contributed by atoms with Crippen LogP contribution >= 0.6 is 0 Å². The predicted molar refractivity (Wildman–Crippen MR) is 83.3 cm³/mol. The van der Waals surface area contributed by atoms with Gasteiger partial charge < -0.3 is 10.1 Å². The highest BCUT2D eigenvalue weighted by Gasteiger charge is 2.23. The van der Waals surface area contributed by atoms with Crippen LogP contribution in [0.4, 0.5) is 0 Å². The first-order chi connectivity index (χ1) is 10.7. The lowest BCUT2D eigenvalue weighted by Gasteiger charge is -2.21. The van der Waals surface area contributed by atoms with Gasteiger partial charge in [0, 0.05) is 19.3 Å². The second-order valence-corrected chi connectivity index (χ2v) is 5.41. The third-order valence-electron chi connectivity index (χ3n) is 3.21. The van der Waals surface area contributed by atoms with E-state index in [1.165, 1.54) is 0 Å². The zero-order valence-corrected chi connectivity index (χ0v) is 13.0. The standard InChI is InChI=1S/C16H22N4O2/c1-13(2)15(22-14-7-4-3-5-8-14)16(21)17-9-6-11-20-12-10-18-19-20/h3-5,7-8,10,12-13,15H,6,9,11H2,1-2H3,(H,17,21)/t15-/m0/s1. The van der Waals surface area contributed by atoms with Crippen molar-refractivity contribution in [2.24, 2.45) is 5.92 Å². The highest BCUT2D eigenvalue weighted by atomic mass is 16.5. The van der Waals surface area contributed by atoms with Crippen LogP contribution in [0.3, 0.4) is 0 Å². The van der Waals surface area contributed by atoms with E-state index in [1.807, 2.05) is 44.2 Å². The first kappa shape index (κ1) is 16.0. The molecule has 1 heterocycles. The maximum Gasteiger partial charge on any atom is 0.261 e. The Hall–Kier alpha value is -2.37. The Bertz CT molecular complexity index is 555. The number of benzene rings is 1. The van der Waals surface area contributed by atoms with Crippen molar-refractivity contribution >= 4 is 5.91 Å². The number of hydrogen-bond acceptors (Lipinski definition) is 4. The van der Waals surface area contributed by atoms with E-state index in [4.69, 9.17) is 4.74 Å². The minimum atomic E-state index is -0.492. The second kappa shape index (κ2) is 8.17. The Morgan fingerprint density at radius 3 is 2.73 bits per heavy atom. The SMILES string of the molecule is CC(C)[C@H](Oc1ccccc1)C(=O)NCCCn1ccnn1. The highest BCUT2D eigenvalue weighted by molar-refractivity contribution is 5.81. The topological polar surface area (TPSA) is 69.0 Å². The molecule has 6 nitrogen and oxygen atoms in total. The average molecular weight is 302 g/mol. The van der Waals surface area contributed by atoms with Gasteiger partial charge in [-0.1, -0.05) is 37.3 Å². The van der Waals surface area contributed by atoms with Crippen molar-refractivity contribution in [3.8, 4) is 5.75 Å². The van der Waals surface area contributed by atoms with Crippen molar-refractivity contribution in [1.82, 2.24) is 20.3 Å². The second-order valence-electron chi connectivity index (χ2n) is 5.41. The molecule has 0 aliphatic heterocycles. The van der Waals surface area contributed by atoms with Crippen LogP contribution in [-0.2, 0) is 11.3 Å². The number of carbonyl (C=O) groups excluding carboxylic acids is 1. The molecule has 0 radical (unpaired) electrons. The number of rotatable bonds is 8. The average Bonchev–Trinajstić information content (AvgIpc) is 3.03. The Morgan fingerprint density at radius 2 is 2.09 bits per heavy atom. The molecule has 1 amide bonds. The molecular formula is C16H22N4O2. The molecule has 6 heteroatoms. The van der Waals surface area contributed by atoms with Gasteiger partial charge in [0.05, 0.1) is 6.20 Å². The normalized spacial score (nSPS) is 12.1. The van der Waals surface area contributed by atoms with Gasteiger partial charge in [-0.25, -0.2) is 0 Å². The molecule has 0 aliphatic carbocycles. The molecule has 2 rings (SSSR count). The van der Waals surface area contributed by atoms with Crippen LogP contribution in [0, 0.1) is 5.92 Å². The van der Waals surface area contributed by atoms with Crippen LogP contribution in [0.25, 0.3) is 0 Å². The lowest BCUT2D eigenvalue weighted by atomic mass is 10.1. The summed E-state index contributed by atoms with van der Waals surface area (Å²) in [5, 5.41) is 10.5. The molecule has 1 atom stereocenters. The van der Waals surface area contributed by atoms with E-state index < -0.39 is 6.10 Å². The van der Waals surface area contributed by atoms with E-state index >= 15 is 0 Å². The Morgan fingerprint density at radius 1 is 1.32 bits per heavy atom. The van der Waals surface area contributed by atoms with Crippen molar-refractivity contribution in [1.29, 1.82) is 0 Å². The van der Waals surface area contributed by atoms with E-state index in [9.17, 15) is 4.79 Å². The lowest BCUT2D eigenvalue weighted by molar-refractivity contribution is -0.129. The zero-order chi connectivity index (χ0) is 15.8. The van der Waals surface area contributed by atoms with Gasteiger partial charge >= 0.3 is 0 Å². The van der Waals surface area contributed by atoms with Gasteiger partial charge in [-0.3, -0.25) is 9.48 Å². The van der Waals surface area contributed by atoms with E-state index in [2.05, 4.69) is 15.6 Å². The van der Waals surface area contributed by atoms with E-state index in [1.54, 1.807) is 17.1 Å². The summed E-state index contributed by atoms with van der Waals surface area (Å²) in [6.45, 7) is 5.26. The summed E-state index contributed by atoms with van der Waals surface area (Å²) in [6.07, 6.45) is 3.75. The van der Waals surface area contributed by atoms with Crippen LogP contribution in [0.2, 0.25) is 0 Å². The van der Waals surface area contributed by atoms with Crippen molar-refractivity contribution in [3.63, 3.8) is 0 Å². The highest BCUT2D eigenvalue weighted by Crippen LogP contribution is 2.15. The minimum absolute atomic E-state index is 0.0857. The van der Waals surface area contributed by atoms with Crippen LogP contribution < -0.4 is 10.1 Å². The summed E-state index contributed by atoms with van der Waals surface area (Å²) in [6, 6.07) is 9.41. The molecule has 0 unspecified atom stereocenters. The Balaban J connectivity index is 1.79. The smallest absolute Gasteiger partial charge is 0.261 e. The van der Waals surface area contributed by atoms with E-state index in [0.717, 1.165) is 13.0 Å². The molecule has 0 saturated carbocycles. The molecular weight excluding hydrogens is 280 g/mol. The molecule has 1 aromatic carbocycles. The summed E-state index contributed by atoms with van der Waals surface area (Å²) < 4.78 is 7.54. The number of nitrogens with zero attached hydrogens (tertiary/aromatic N) is 3. The summed E-state index contributed by atoms with van der Waals surface area (Å²) >= 11 is 0. The fourth-order valence-electron chi connectivity index (χ4n) is 2.04. The third kappa shape index (κ3) is 4.87. The van der Waals surface area contributed by atoms with Gasteiger partial charge in [0.2, 0.25) is 0 Å². The number of aryl methyl sites for hydroxylation is 1. The van der Waals surface area contributed by atoms with Gasteiger partial charge in [0.1, 0.15) is 5.75 Å². The van der Waals surface area contributed by atoms with Crippen LogP contribution in [0.1, 0.15) is 20.3 Å². The summed E-state index contributed by atoms with van der Waals surface area (Å²) in [5.74, 6) is 0.715. The summed E-state index contributed by atoms with van der Waals surface area (Å²) in [7, 11) is 0. The predicted octanol–water partition coefficient (Wildman–Crippen LogP) is 1.89. The third-order valence-corrected chi connectivity index (χ3v) is 3.21. The maximum absolute atomic E-state index is 12.3. The number of carbonyl (C=O) groups is 1. The van der Waals surface area contributed by atoms with Gasteiger partial charge in [0.25, 0.3) is 5.91 Å². The Labute approximate surface area is 130 Å². The monoisotopic (exact) mass is 302 g/mol. The molecule has 22 heavy (non-hydrogen) atoms. The van der Waals surface area contributed by atoms with Gasteiger partial charge in [-0.05, 0) is 24.5 Å². The molecule has 0 fully saturated rings. The van der Waals surface area contributed by atoms with Crippen molar-refractivity contribution in [3.05, 3.63) is 42.7 Å². The van der Waals surface area contributed by atoms with Crippen LogP contribution in [-0.4, -0.2) is 33.5 Å². The number of amides is 1. The number of ether oxygens (including phenoxy) is 1. The number of nitrogens with one attached hydrogen (secondary N) is 1. The van der Waals surface area contributed by atoms with Gasteiger partial charge in [0.15, 0.2) is 6.10 Å². The van der Waals surface area contributed by atoms with Crippen molar-refractivity contribution in [2.75, 3.05) is 6.54 Å². The zero-order valence-electron chi connectivity index (χ0n) is 13.0. The Kier molecular flexibility index (Phi) is 5.94. The fraction of sp³-hybridized carbons (Fsp3) is 0.438. The van der Waals surface area contributed by atoms with Gasteiger partial charge in [-0.2, -0.15) is 0 Å². The first-order valence-electron chi connectivity index (χ1n) is 7.50. The van der Waals surface area contributed by atoms with Gasteiger partial charge in [-0.15, -0.1) is 5.10 Å². The molecule has 1 N–H and O–H groups in total. The van der Waals surface area contributed by atoms with Crippen LogP contribution in [0.15, 0.2) is 42.7 Å². The van der Waals surface area contributed by atoms with E-state index in [0.29, 0.717) is 12.3 Å². The summed E-state index contributed by atoms with van der Waals surface area (Å²) in [4.78, 5) is 12.3. The molecule has 1 aromatic heterocycles. The molecule has 0 saturated heterocycles. The first-order valence-corrected chi connectivity index (χ1v) is 7.50. The maximum atomic E-state index is 12.3. The molecule has 2 aromatic rings. The number of aromatic nitrogens is 3. The molecule has 0 aliphatic rings. The van der Waals surface area contributed by atoms with Crippen molar-refractivity contribution in [2.45, 2.75) is 32.9 Å². The summed E-state index contributed by atoms with van der Waals surface area (Å²) in [5.41, 5.74) is 0. The number of hydrogen-bond donors (Lipinski definition) is 1. The lowest BCUT2D eigenvalue weighted by Crippen LogP contribution is -2.42. The molecule has 118 valence electrons. The van der Waals surface area contributed by atoms with Crippen molar-refractivity contribution < 1.29 is 9.53 Å². The minimum Gasteiger partial charge on any atom is -0.480 e. The molecule has 0 bridgehead atoms.